The fraction of sp³-hybridized carbons (Fsp3) is 0.611. The third-order valence-electron chi connectivity index (χ3n) is 4.87. The van der Waals surface area contributed by atoms with Gasteiger partial charge in [0.05, 0.1) is 20.3 Å². The summed E-state index contributed by atoms with van der Waals surface area (Å²) in [6.45, 7) is 3.68. The summed E-state index contributed by atoms with van der Waals surface area (Å²) in [5, 5.41) is 10.1. The molecule has 0 radical (unpaired) electrons. The van der Waals surface area contributed by atoms with Crippen LogP contribution in [0.25, 0.3) is 0 Å². The number of amides is 1. The van der Waals surface area contributed by atoms with Gasteiger partial charge in [0.25, 0.3) is 5.91 Å². The summed E-state index contributed by atoms with van der Waals surface area (Å²) in [7, 11) is 3.15. The van der Waals surface area contributed by atoms with E-state index in [1.165, 1.54) is 0 Å². The molecular weight excluding hydrogens is 308 g/mol. The average molecular weight is 334 g/mol. The van der Waals surface area contributed by atoms with Gasteiger partial charge in [0, 0.05) is 44.4 Å². The summed E-state index contributed by atoms with van der Waals surface area (Å²) in [4.78, 5) is 16.8. The molecule has 1 aromatic rings. The Morgan fingerprint density at radius 1 is 1.12 bits per heavy atom. The number of carbonyl (C=O) groups excluding carboxylic acids is 1. The highest BCUT2D eigenvalue weighted by molar-refractivity contribution is 5.95. The van der Waals surface area contributed by atoms with E-state index in [4.69, 9.17) is 9.47 Å². The van der Waals surface area contributed by atoms with E-state index < -0.39 is 0 Å². The van der Waals surface area contributed by atoms with Crippen molar-refractivity contribution in [3.05, 3.63) is 23.8 Å². The monoisotopic (exact) mass is 334 g/mol. The average Bonchev–Trinajstić information content (AvgIpc) is 3.46. The number of carbonyl (C=O) groups is 1. The van der Waals surface area contributed by atoms with Crippen LogP contribution in [0.2, 0.25) is 0 Å². The van der Waals surface area contributed by atoms with Gasteiger partial charge in [-0.25, -0.2) is 0 Å². The topological polar surface area (TPSA) is 62.2 Å². The Morgan fingerprint density at radius 3 is 2.21 bits per heavy atom. The molecule has 6 heteroatoms. The van der Waals surface area contributed by atoms with Crippen LogP contribution in [-0.2, 0) is 0 Å². The first-order valence-electron chi connectivity index (χ1n) is 8.53. The third kappa shape index (κ3) is 3.99. The Kier molecular flexibility index (Phi) is 5.26. The first-order chi connectivity index (χ1) is 11.6. The highest BCUT2D eigenvalue weighted by Crippen LogP contribution is 2.33. The fourth-order valence-corrected chi connectivity index (χ4v) is 3.14. The van der Waals surface area contributed by atoms with Crippen molar-refractivity contribution in [3.8, 4) is 11.5 Å². The van der Waals surface area contributed by atoms with Gasteiger partial charge in [0.2, 0.25) is 0 Å². The number of hydrogen-bond donors (Lipinski definition) is 1. The van der Waals surface area contributed by atoms with Crippen LogP contribution in [0, 0.1) is 5.92 Å². The molecule has 132 valence electrons. The van der Waals surface area contributed by atoms with Crippen molar-refractivity contribution in [2.75, 3.05) is 46.9 Å². The van der Waals surface area contributed by atoms with Gasteiger partial charge < -0.3 is 19.5 Å². The van der Waals surface area contributed by atoms with E-state index in [1.54, 1.807) is 32.4 Å². The highest BCUT2D eigenvalue weighted by atomic mass is 16.5. The first kappa shape index (κ1) is 17.0. The SMILES string of the molecule is COc1cc(OC)cc(C(=O)N2CCN(C[C@H](O)C3CC3)CC2)c1. The van der Waals surface area contributed by atoms with Crippen molar-refractivity contribution in [2.24, 2.45) is 5.92 Å². The molecule has 0 unspecified atom stereocenters. The third-order valence-corrected chi connectivity index (χ3v) is 4.87. The quantitative estimate of drug-likeness (QED) is 0.848. The summed E-state index contributed by atoms with van der Waals surface area (Å²) in [5.74, 6) is 1.72. The summed E-state index contributed by atoms with van der Waals surface area (Å²) < 4.78 is 10.5. The Bertz CT molecular complexity index is 558. The molecule has 3 rings (SSSR count). The number of rotatable bonds is 6. The van der Waals surface area contributed by atoms with E-state index in [-0.39, 0.29) is 12.0 Å². The minimum absolute atomic E-state index is 0.00501. The molecule has 1 saturated carbocycles. The molecule has 1 aliphatic heterocycles. The summed E-state index contributed by atoms with van der Waals surface area (Å²) in [6.07, 6.45) is 2.09. The van der Waals surface area contributed by atoms with Crippen molar-refractivity contribution in [1.82, 2.24) is 9.80 Å². The maximum Gasteiger partial charge on any atom is 0.254 e. The predicted molar refractivity (Wildman–Crippen MR) is 90.6 cm³/mol. The van der Waals surface area contributed by atoms with Gasteiger partial charge in [-0.05, 0) is 30.9 Å². The zero-order valence-electron chi connectivity index (χ0n) is 14.4. The fourth-order valence-electron chi connectivity index (χ4n) is 3.14. The van der Waals surface area contributed by atoms with Crippen LogP contribution >= 0.6 is 0 Å². The van der Waals surface area contributed by atoms with Crippen LogP contribution in [0.5, 0.6) is 11.5 Å². The molecule has 2 aliphatic rings. The Labute approximate surface area is 143 Å². The van der Waals surface area contributed by atoms with Gasteiger partial charge in [-0.3, -0.25) is 9.69 Å². The minimum atomic E-state index is -0.213. The zero-order valence-corrected chi connectivity index (χ0v) is 14.4. The molecule has 1 atom stereocenters. The lowest BCUT2D eigenvalue weighted by Gasteiger charge is -2.35. The largest absolute Gasteiger partial charge is 0.497 e. The standard InChI is InChI=1S/C18H26N2O4/c1-23-15-9-14(10-16(11-15)24-2)18(22)20-7-5-19(6-8-20)12-17(21)13-3-4-13/h9-11,13,17,21H,3-8,12H2,1-2H3/t17-/m0/s1. The summed E-state index contributed by atoms with van der Waals surface area (Å²) in [6, 6.07) is 5.25. The molecule has 0 bridgehead atoms. The van der Waals surface area contributed by atoms with Crippen molar-refractivity contribution in [1.29, 1.82) is 0 Å². The van der Waals surface area contributed by atoms with Gasteiger partial charge in [-0.15, -0.1) is 0 Å². The highest BCUT2D eigenvalue weighted by Gasteiger charge is 2.32. The number of ether oxygens (including phenoxy) is 2. The predicted octanol–water partition coefficient (Wildman–Crippen LogP) is 1.23. The number of aliphatic hydroxyl groups excluding tert-OH is 1. The van der Waals surface area contributed by atoms with E-state index in [9.17, 15) is 9.90 Å². The Balaban J connectivity index is 1.58. The van der Waals surface area contributed by atoms with Crippen molar-refractivity contribution < 1.29 is 19.4 Å². The van der Waals surface area contributed by atoms with Crippen molar-refractivity contribution in [3.63, 3.8) is 0 Å². The molecule has 1 saturated heterocycles. The smallest absolute Gasteiger partial charge is 0.254 e. The molecule has 1 amide bonds. The Morgan fingerprint density at radius 2 is 1.71 bits per heavy atom. The molecule has 0 aromatic heterocycles. The van der Waals surface area contributed by atoms with E-state index in [1.807, 2.05) is 4.90 Å². The van der Waals surface area contributed by atoms with Crippen molar-refractivity contribution >= 4 is 5.91 Å². The maximum atomic E-state index is 12.7. The normalized spacial score (nSPS) is 19.9. The second-order valence-corrected chi connectivity index (χ2v) is 6.60. The molecule has 24 heavy (non-hydrogen) atoms. The zero-order chi connectivity index (χ0) is 17.1. The number of hydrogen-bond acceptors (Lipinski definition) is 5. The Hall–Kier alpha value is -1.79. The van der Waals surface area contributed by atoms with Crippen LogP contribution in [0.15, 0.2) is 18.2 Å². The molecule has 0 spiro atoms. The lowest BCUT2D eigenvalue weighted by atomic mass is 10.1. The maximum absolute atomic E-state index is 12.7. The number of nitrogens with zero attached hydrogens (tertiary/aromatic N) is 2. The number of benzene rings is 1. The number of aliphatic hydroxyl groups is 1. The first-order valence-corrected chi connectivity index (χ1v) is 8.53. The van der Waals surface area contributed by atoms with Crippen LogP contribution in [0.4, 0.5) is 0 Å². The van der Waals surface area contributed by atoms with Gasteiger partial charge in [0.15, 0.2) is 0 Å². The lowest BCUT2D eigenvalue weighted by molar-refractivity contribution is 0.0488. The number of piperazine rings is 1. The van der Waals surface area contributed by atoms with Crippen LogP contribution in [0.1, 0.15) is 23.2 Å². The molecule has 1 N–H and O–H groups in total. The molecule has 1 aromatic carbocycles. The lowest BCUT2D eigenvalue weighted by Crippen LogP contribution is -2.50. The second kappa shape index (κ2) is 7.40. The molecule has 2 fully saturated rings. The number of β-amino-alcohol motifs (C(OH)–C–C–N with tert-alkyl or cyclic N) is 1. The molecule has 6 nitrogen and oxygen atoms in total. The van der Waals surface area contributed by atoms with Gasteiger partial charge in [-0.1, -0.05) is 0 Å². The van der Waals surface area contributed by atoms with Gasteiger partial charge >= 0.3 is 0 Å². The van der Waals surface area contributed by atoms with Gasteiger partial charge in [0.1, 0.15) is 11.5 Å². The number of methoxy groups -OCH3 is 2. The second-order valence-electron chi connectivity index (χ2n) is 6.60. The summed E-state index contributed by atoms with van der Waals surface area (Å²) >= 11 is 0. The minimum Gasteiger partial charge on any atom is -0.497 e. The molecule has 1 aliphatic carbocycles. The molecule has 1 heterocycles. The molecular formula is C18H26N2O4. The van der Waals surface area contributed by atoms with E-state index in [0.717, 1.165) is 32.5 Å². The summed E-state index contributed by atoms with van der Waals surface area (Å²) in [5.41, 5.74) is 0.581. The van der Waals surface area contributed by atoms with E-state index >= 15 is 0 Å². The van der Waals surface area contributed by atoms with E-state index in [2.05, 4.69) is 4.90 Å². The van der Waals surface area contributed by atoms with Crippen LogP contribution in [0.3, 0.4) is 0 Å². The van der Waals surface area contributed by atoms with E-state index in [0.29, 0.717) is 36.1 Å². The van der Waals surface area contributed by atoms with Crippen molar-refractivity contribution in [2.45, 2.75) is 18.9 Å². The van der Waals surface area contributed by atoms with Crippen LogP contribution < -0.4 is 9.47 Å². The van der Waals surface area contributed by atoms with Crippen LogP contribution in [-0.4, -0.2) is 73.9 Å². The van der Waals surface area contributed by atoms with Gasteiger partial charge in [-0.2, -0.15) is 0 Å².